The lowest BCUT2D eigenvalue weighted by Gasteiger charge is -2.24. The van der Waals surface area contributed by atoms with E-state index in [1.54, 1.807) is 11.9 Å². The number of likely N-dealkylation sites (N-methyl/N-ethyl adjacent to an activating group) is 2. The average Bonchev–Trinajstić information content (AvgIpc) is 2.80. The number of rotatable bonds is 5. The summed E-state index contributed by atoms with van der Waals surface area (Å²) in [5.41, 5.74) is 1.17. The molecule has 1 saturated heterocycles. The van der Waals surface area contributed by atoms with Gasteiger partial charge in [0.05, 0.1) is 18.6 Å². The summed E-state index contributed by atoms with van der Waals surface area (Å²) in [7, 11) is 0.720. The first-order chi connectivity index (χ1) is 10.3. The fraction of sp³-hybridized carbons (Fsp3) is 0.533. The Labute approximate surface area is 140 Å². The summed E-state index contributed by atoms with van der Waals surface area (Å²) < 4.78 is 24.1. The van der Waals surface area contributed by atoms with Crippen LogP contribution in [0.4, 0.5) is 0 Å². The number of quaternary nitrogens is 1. The number of nitrogens with one attached hydrogen (secondary N) is 1. The second-order valence-corrected chi connectivity index (χ2v) is 9.14. The Bertz CT molecular complexity index is 631. The maximum absolute atomic E-state index is 12.3. The van der Waals surface area contributed by atoms with Gasteiger partial charge in [0, 0.05) is 23.1 Å². The molecule has 1 aliphatic rings. The summed E-state index contributed by atoms with van der Waals surface area (Å²) in [6.45, 7) is 1.12. The summed E-state index contributed by atoms with van der Waals surface area (Å²) in [5, 5.41) is 0. The van der Waals surface area contributed by atoms with Gasteiger partial charge >= 0.3 is 0 Å². The van der Waals surface area contributed by atoms with Crippen LogP contribution in [-0.2, 0) is 21.2 Å². The molecule has 0 radical (unpaired) electrons. The van der Waals surface area contributed by atoms with E-state index >= 15 is 0 Å². The highest BCUT2D eigenvalue weighted by molar-refractivity contribution is 9.10. The molecule has 1 aliphatic heterocycles. The second kappa shape index (κ2) is 7.10. The maximum atomic E-state index is 12.3. The number of amides is 1. The smallest absolute Gasteiger partial charge is 0.277 e. The number of carbonyl (C=O) groups is 1. The fourth-order valence-electron chi connectivity index (χ4n) is 2.68. The molecule has 0 spiro atoms. The van der Waals surface area contributed by atoms with Crippen molar-refractivity contribution in [2.24, 2.45) is 0 Å². The van der Waals surface area contributed by atoms with Gasteiger partial charge in [0.25, 0.3) is 5.91 Å². The molecule has 1 aromatic rings. The van der Waals surface area contributed by atoms with E-state index in [0.29, 0.717) is 13.0 Å². The van der Waals surface area contributed by atoms with Crippen LogP contribution in [0.3, 0.4) is 0 Å². The van der Waals surface area contributed by atoms with Crippen LogP contribution in [-0.4, -0.2) is 57.4 Å². The van der Waals surface area contributed by atoms with Gasteiger partial charge in [0.15, 0.2) is 16.4 Å². The lowest BCUT2D eigenvalue weighted by Crippen LogP contribution is -3.08. The molecule has 5 nitrogen and oxygen atoms in total. The lowest BCUT2D eigenvalue weighted by atomic mass is 10.2. The third kappa shape index (κ3) is 4.79. The number of hydrogen-bond acceptors (Lipinski definition) is 3. The summed E-state index contributed by atoms with van der Waals surface area (Å²) in [6.07, 6.45) is 0.552. The Hall–Kier alpha value is -0.920. The predicted molar refractivity (Wildman–Crippen MR) is 89.4 cm³/mol. The molecule has 122 valence electrons. The number of nitrogens with zero attached hydrogens (tertiary/aromatic N) is 1. The molecular formula is C15H22BrN2O3S+. The van der Waals surface area contributed by atoms with E-state index in [1.165, 1.54) is 5.56 Å². The summed E-state index contributed by atoms with van der Waals surface area (Å²) in [4.78, 5) is 15.0. The molecule has 1 aromatic carbocycles. The average molecular weight is 390 g/mol. The van der Waals surface area contributed by atoms with E-state index in [1.807, 2.05) is 31.3 Å². The van der Waals surface area contributed by atoms with Crippen LogP contribution in [0.5, 0.6) is 0 Å². The zero-order valence-electron chi connectivity index (χ0n) is 12.9. The molecule has 1 amide bonds. The van der Waals surface area contributed by atoms with Crippen molar-refractivity contribution >= 4 is 31.7 Å². The summed E-state index contributed by atoms with van der Waals surface area (Å²) in [6, 6.07) is 7.87. The van der Waals surface area contributed by atoms with Gasteiger partial charge in [-0.15, -0.1) is 0 Å². The zero-order valence-corrected chi connectivity index (χ0v) is 15.3. The SMILES string of the molecule is CN(C(=O)C[NH+](C)Cc1ccc(Br)cc1)[C@H]1CCS(=O)(=O)C1. The minimum atomic E-state index is -2.96. The molecule has 7 heteroatoms. The minimum Gasteiger partial charge on any atom is -0.337 e. The van der Waals surface area contributed by atoms with Crippen LogP contribution in [0.1, 0.15) is 12.0 Å². The number of hydrogen-bond donors (Lipinski definition) is 1. The van der Waals surface area contributed by atoms with Crippen molar-refractivity contribution in [2.75, 3.05) is 32.1 Å². The predicted octanol–water partition coefficient (Wildman–Crippen LogP) is 0.109. The number of sulfone groups is 1. The van der Waals surface area contributed by atoms with Crippen LogP contribution in [0.15, 0.2) is 28.7 Å². The standard InChI is InChI=1S/C15H21BrN2O3S/c1-17(9-12-3-5-13(16)6-4-12)10-15(19)18(2)14-7-8-22(20,21)11-14/h3-6,14H,7-11H2,1-2H3/p+1/t14-/m0/s1. The van der Waals surface area contributed by atoms with Crippen molar-refractivity contribution in [3.63, 3.8) is 0 Å². The van der Waals surface area contributed by atoms with Crippen molar-refractivity contribution in [1.29, 1.82) is 0 Å². The van der Waals surface area contributed by atoms with E-state index in [-0.39, 0.29) is 23.5 Å². The molecule has 1 unspecified atom stereocenters. The maximum Gasteiger partial charge on any atom is 0.277 e. The molecule has 0 bridgehead atoms. The molecule has 1 N–H and O–H groups in total. The Morgan fingerprint density at radius 2 is 2.00 bits per heavy atom. The van der Waals surface area contributed by atoms with Gasteiger partial charge in [-0.05, 0) is 18.6 Å². The quantitative estimate of drug-likeness (QED) is 0.777. The van der Waals surface area contributed by atoms with Crippen molar-refractivity contribution in [1.82, 2.24) is 4.90 Å². The van der Waals surface area contributed by atoms with Crippen LogP contribution in [0, 0.1) is 0 Å². The van der Waals surface area contributed by atoms with Gasteiger partial charge in [0.2, 0.25) is 0 Å². The zero-order chi connectivity index (χ0) is 16.3. The number of carbonyl (C=O) groups excluding carboxylic acids is 1. The van der Waals surface area contributed by atoms with Gasteiger partial charge in [-0.2, -0.15) is 0 Å². The van der Waals surface area contributed by atoms with Crippen LogP contribution in [0.2, 0.25) is 0 Å². The van der Waals surface area contributed by atoms with Gasteiger partial charge in [-0.3, -0.25) is 4.79 Å². The van der Waals surface area contributed by atoms with E-state index in [4.69, 9.17) is 0 Å². The van der Waals surface area contributed by atoms with Crippen molar-refractivity contribution in [3.05, 3.63) is 34.3 Å². The largest absolute Gasteiger partial charge is 0.337 e. The van der Waals surface area contributed by atoms with Gasteiger partial charge < -0.3 is 9.80 Å². The Balaban J connectivity index is 1.87. The Morgan fingerprint density at radius 1 is 1.36 bits per heavy atom. The van der Waals surface area contributed by atoms with Gasteiger partial charge in [-0.1, -0.05) is 28.1 Å². The monoisotopic (exact) mass is 389 g/mol. The number of benzene rings is 1. The lowest BCUT2D eigenvalue weighted by molar-refractivity contribution is -0.885. The Morgan fingerprint density at radius 3 is 2.55 bits per heavy atom. The van der Waals surface area contributed by atoms with Crippen molar-refractivity contribution in [2.45, 2.75) is 19.0 Å². The highest BCUT2D eigenvalue weighted by atomic mass is 79.9. The summed E-state index contributed by atoms with van der Waals surface area (Å²) in [5.74, 6) is 0.287. The topological polar surface area (TPSA) is 58.9 Å². The molecule has 0 aromatic heterocycles. The molecule has 0 aliphatic carbocycles. The van der Waals surface area contributed by atoms with Gasteiger partial charge in [-0.25, -0.2) is 8.42 Å². The van der Waals surface area contributed by atoms with Crippen LogP contribution in [0.25, 0.3) is 0 Å². The number of halogens is 1. The first kappa shape index (κ1) is 17.4. The Kier molecular flexibility index (Phi) is 5.63. The highest BCUT2D eigenvalue weighted by Gasteiger charge is 2.33. The van der Waals surface area contributed by atoms with E-state index in [2.05, 4.69) is 15.9 Å². The normalized spacial score (nSPS) is 21.5. The fourth-order valence-corrected chi connectivity index (χ4v) is 4.72. The van der Waals surface area contributed by atoms with E-state index in [0.717, 1.165) is 15.9 Å². The molecule has 2 rings (SSSR count). The van der Waals surface area contributed by atoms with E-state index in [9.17, 15) is 13.2 Å². The second-order valence-electron chi connectivity index (χ2n) is 6.00. The summed E-state index contributed by atoms with van der Waals surface area (Å²) >= 11 is 3.40. The third-order valence-electron chi connectivity index (χ3n) is 4.02. The van der Waals surface area contributed by atoms with Crippen molar-refractivity contribution in [3.8, 4) is 0 Å². The molecule has 22 heavy (non-hydrogen) atoms. The molecule has 1 heterocycles. The van der Waals surface area contributed by atoms with E-state index < -0.39 is 9.84 Å². The minimum absolute atomic E-state index is 0.00304. The third-order valence-corrected chi connectivity index (χ3v) is 6.30. The molecule has 2 atom stereocenters. The molecular weight excluding hydrogens is 368 g/mol. The van der Waals surface area contributed by atoms with Crippen LogP contribution < -0.4 is 4.90 Å². The first-order valence-corrected chi connectivity index (χ1v) is 9.90. The molecule has 0 saturated carbocycles. The van der Waals surface area contributed by atoms with Crippen LogP contribution >= 0.6 is 15.9 Å². The van der Waals surface area contributed by atoms with Crippen molar-refractivity contribution < 1.29 is 18.1 Å². The molecule has 1 fully saturated rings. The first-order valence-electron chi connectivity index (χ1n) is 7.28. The highest BCUT2D eigenvalue weighted by Crippen LogP contribution is 2.16. The van der Waals surface area contributed by atoms with Gasteiger partial charge in [0.1, 0.15) is 6.54 Å².